The molecule has 0 saturated heterocycles. The molecule has 0 saturated carbocycles. The Morgan fingerprint density at radius 3 is 2.34 bits per heavy atom. The maximum atomic E-state index is 13.1. The lowest BCUT2D eigenvalue weighted by molar-refractivity contribution is 0.0939. The Labute approximate surface area is 194 Å². The van der Waals surface area contributed by atoms with Gasteiger partial charge in [0.1, 0.15) is 4.90 Å². The number of hydrogen-bond donors (Lipinski definition) is 2. The summed E-state index contributed by atoms with van der Waals surface area (Å²) in [6.45, 7) is 9.65. The Balaban J connectivity index is 1.87. The minimum Gasteiger partial charge on any atom is -0.346 e. The van der Waals surface area contributed by atoms with Crippen LogP contribution in [0.3, 0.4) is 0 Å². The molecule has 32 heavy (non-hydrogen) atoms. The molecule has 3 aromatic carbocycles. The van der Waals surface area contributed by atoms with E-state index < -0.39 is 10.0 Å². The summed E-state index contributed by atoms with van der Waals surface area (Å²) < 4.78 is 28.7. The first kappa shape index (κ1) is 23.8. The van der Waals surface area contributed by atoms with Crippen molar-refractivity contribution in [1.82, 2.24) is 5.32 Å². The molecule has 0 heterocycles. The zero-order valence-corrected chi connectivity index (χ0v) is 20.4. The number of sulfonamides is 1. The van der Waals surface area contributed by atoms with E-state index in [1.807, 2.05) is 52.8 Å². The molecule has 3 rings (SSSR count). The van der Waals surface area contributed by atoms with Crippen LogP contribution in [0.25, 0.3) is 0 Å². The van der Waals surface area contributed by atoms with Crippen LogP contribution in [0.5, 0.6) is 0 Å². The third-order valence-corrected chi connectivity index (χ3v) is 7.42. The van der Waals surface area contributed by atoms with E-state index in [1.54, 1.807) is 12.1 Å². The second-order valence-electron chi connectivity index (χ2n) is 8.05. The molecule has 0 aliphatic heterocycles. The van der Waals surface area contributed by atoms with Crippen LogP contribution in [0.1, 0.15) is 51.1 Å². The summed E-state index contributed by atoms with van der Waals surface area (Å²) in [6, 6.07) is 15.4. The largest absolute Gasteiger partial charge is 0.346 e. The number of benzene rings is 3. The number of nitrogens with one attached hydrogen (secondary N) is 2. The summed E-state index contributed by atoms with van der Waals surface area (Å²) in [6.07, 6.45) is 0. The van der Waals surface area contributed by atoms with E-state index in [0.29, 0.717) is 5.69 Å². The normalized spacial score (nSPS) is 12.3. The number of amides is 1. The molecule has 3 aromatic rings. The van der Waals surface area contributed by atoms with Crippen LogP contribution >= 0.6 is 11.6 Å². The Morgan fingerprint density at radius 2 is 1.66 bits per heavy atom. The molecular formula is C25H27ClN2O3S. The van der Waals surface area contributed by atoms with Gasteiger partial charge in [-0.1, -0.05) is 47.5 Å². The van der Waals surface area contributed by atoms with Crippen LogP contribution in [0.2, 0.25) is 5.02 Å². The minimum absolute atomic E-state index is 0.0433. The lowest BCUT2D eigenvalue weighted by Gasteiger charge is -2.18. The van der Waals surface area contributed by atoms with Crippen molar-refractivity contribution in [1.29, 1.82) is 0 Å². The van der Waals surface area contributed by atoms with E-state index in [9.17, 15) is 13.2 Å². The van der Waals surface area contributed by atoms with Crippen molar-refractivity contribution in [3.8, 4) is 0 Å². The Kier molecular flexibility index (Phi) is 6.96. The van der Waals surface area contributed by atoms with Gasteiger partial charge in [0.15, 0.2) is 0 Å². The van der Waals surface area contributed by atoms with Crippen molar-refractivity contribution in [3.63, 3.8) is 0 Å². The van der Waals surface area contributed by atoms with Gasteiger partial charge in [-0.25, -0.2) is 8.42 Å². The molecule has 2 N–H and O–H groups in total. The number of aryl methyl sites for hydroxylation is 3. The molecule has 1 amide bonds. The highest BCUT2D eigenvalue weighted by Crippen LogP contribution is 2.27. The van der Waals surface area contributed by atoms with Crippen molar-refractivity contribution in [2.75, 3.05) is 4.72 Å². The van der Waals surface area contributed by atoms with Crippen LogP contribution < -0.4 is 10.0 Å². The third kappa shape index (κ3) is 5.14. The fraction of sp³-hybridized carbons (Fsp3) is 0.240. The number of carbonyl (C=O) groups excluding carboxylic acids is 1. The molecule has 7 heteroatoms. The average molecular weight is 471 g/mol. The molecule has 0 spiro atoms. The molecule has 1 atom stereocenters. The predicted molar refractivity (Wildman–Crippen MR) is 130 cm³/mol. The van der Waals surface area contributed by atoms with Gasteiger partial charge in [0, 0.05) is 5.56 Å². The highest BCUT2D eigenvalue weighted by atomic mass is 35.5. The van der Waals surface area contributed by atoms with Crippen molar-refractivity contribution in [2.24, 2.45) is 0 Å². The number of hydrogen-bond acceptors (Lipinski definition) is 3. The first-order chi connectivity index (χ1) is 15.0. The molecule has 5 nitrogen and oxygen atoms in total. The summed E-state index contributed by atoms with van der Waals surface area (Å²) in [7, 11) is -3.99. The standard InChI is InChI=1S/C25H27ClN2O3S/c1-15-9-11-21(17(3)13-15)19(5)27-25(29)20-10-12-22(26)24(14-20)32(30,31)28-23-8-6-7-16(2)18(23)4/h6-14,19,28H,1-5H3,(H,27,29)/t19-/m1/s1. The van der Waals surface area contributed by atoms with Crippen LogP contribution in [0.4, 0.5) is 5.69 Å². The van der Waals surface area contributed by atoms with Gasteiger partial charge in [-0.05, 0) is 81.1 Å². The predicted octanol–water partition coefficient (Wildman–Crippen LogP) is 5.87. The van der Waals surface area contributed by atoms with Gasteiger partial charge in [0.2, 0.25) is 0 Å². The van der Waals surface area contributed by atoms with E-state index in [4.69, 9.17) is 11.6 Å². The fourth-order valence-electron chi connectivity index (χ4n) is 3.58. The van der Waals surface area contributed by atoms with Crippen LogP contribution in [0.15, 0.2) is 59.5 Å². The Hall–Kier alpha value is -2.83. The lowest BCUT2D eigenvalue weighted by atomic mass is 10.00. The molecule has 0 unspecified atom stereocenters. The highest BCUT2D eigenvalue weighted by molar-refractivity contribution is 7.92. The van der Waals surface area contributed by atoms with Gasteiger partial charge in [-0.3, -0.25) is 9.52 Å². The molecule has 0 aliphatic rings. The van der Waals surface area contributed by atoms with Gasteiger partial charge >= 0.3 is 0 Å². The number of anilines is 1. The zero-order valence-electron chi connectivity index (χ0n) is 18.8. The smallest absolute Gasteiger partial charge is 0.263 e. The first-order valence-corrected chi connectivity index (χ1v) is 12.1. The fourth-order valence-corrected chi connectivity index (χ4v) is 5.23. The Morgan fingerprint density at radius 1 is 0.938 bits per heavy atom. The molecule has 0 bridgehead atoms. The summed E-state index contributed by atoms with van der Waals surface area (Å²) in [5.41, 5.74) is 5.70. The average Bonchev–Trinajstić information content (AvgIpc) is 2.71. The minimum atomic E-state index is -3.99. The van der Waals surface area contributed by atoms with Gasteiger partial charge < -0.3 is 5.32 Å². The second-order valence-corrected chi connectivity index (χ2v) is 10.1. The Bertz CT molecular complexity index is 1290. The van der Waals surface area contributed by atoms with Gasteiger partial charge in [0.25, 0.3) is 15.9 Å². The van der Waals surface area contributed by atoms with Gasteiger partial charge in [0.05, 0.1) is 16.8 Å². The number of carbonyl (C=O) groups is 1. The van der Waals surface area contributed by atoms with Crippen molar-refractivity contribution >= 4 is 33.2 Å². The van der Waals surface area contributed by atoms with Crippen LogP contribution in [0, 0.1) is 27.7 Å². The molecule has 0 fully saturated rings. The quantitative estimate of drug-likeness (QED) is 0.473. The van der Waals surface area contributed by atoms with E-state index in [1.165, 1.54) is 18.2 Å². The van der Waals surface area contributed by atoms with E-state index in [0.717, 1.165) is 27.8 Å². The lowest BCUT2D eigenvalue weighted by Crippen LogP contribution is -2.27. The van der Waals surface area contributed by atoms with Crippen LogP contribution in [-0.2, 0) is 10.0 Å². The number of halogens is 1. The van der Waals surface area contributed by atoms with Crippen LogP contribution in [-0.4, -0.2) is 14.3 Å². The van der Waals surface area contributed by atoms with Gasteiger partial charge in [-0.2, -0.15) is 0 Å². The molecule has 0 aliphatic carbocycles. The monoisotopic (exact) mass is 470 g/mol. The van der Waals surface area contributed by atoms with Crippen molar-refractivity contribution in [3.05, 3.63) is 93.0 Å². The topological polar surface area (TPSA) is 75.3 Å². The van der Waals surface area contributed by atoms with Crippen molar-refractivity contribution in [2.45, 2.75) is 45.6 Å². The third-order valence-electron chi connectivity index (χ3n) is 5.57. The molecular weight excluding hydrogens is 444 g/mol. The maximum Gasteiger partial charge on any atom is 0.263 e. The molecule has 168 valence electrons. The second kappa shape index (κ2) is 9.35. The molecule has 0 aromatic heterocycles. The van der Waals surface area contributed by atoms with Crippen molar-refractivity contribution < 1.29 is 13.2 Å². The van der Waals surface area contributed by atoms with E-state index in [-0.39, 0.29) is 27.4 Å². The zero-order chi connectivity index (χ0) is 23.6. The first-order valence-electron chi connectivity index (χ1n) is 10.3. The molecule has 0 radical (unpaired) electrons. The number of rotatable bonds is 6. The summed E-state index contributed by atoms with van der Waals surface area (Å²) in [5.74, 6) is -0.377. The van der Waals surface area contributed by atoms with E-state index in [2.05, 4.69) is 16.1 Å². The SMILES string of the molecule is Cc1ccc([C@@H](C)NC(=O)c2ccc(Cl)c(S(=O)(=O)Nc3cccc(C)c3C)c2)c(C)c1. The van der Waals surface area contributed by atoms with E-state index >= 15 is 0 Å². The summed E-state index contributed by atoms with van der Waals surface area (Å²) in [4.78, 5) is 12.7. The summed E-state index contributed by atoms with van der Waals surface area (Å²) in [5, 5.41) is 2.98. The van der Waals surface area contributed by atoms with Gasteiger partial charge in [-0.15, -0.1) is 0 Å². The highest BCUT2D eigenvalue weighted by Gasteiger charge is 2.22. The maximum absolute atomic E-state index is 13.1. The summed E-state index contributed by atoms with van der Waals surface area (Å²) >= 11 is 6.21.